The monoisotopic (exact) mass is 484 g/mol. The van der Waals surface area contributed by atoms with E-state index in [0.717, 1.165) is 49.2 Å². The van der Waals surface area contributed by atoms with Crippen LogP contribution in [-0.2, 0) is 17.9 Å². The Morgan fingerprint density at radius 1 is 0.861 bits per heavy atom. The Morgan fingerprint density at radius 2 is 1.53 bits per heavy atom. The lowest BCUT2D eigenvalue weighted by Gasteiger charge is -2.36. The molecule has 2 N–H and O–H groups in total. The molecule has 3 aromatic rings. The van der Waals surface area contributed by atoms with E-state index in [1.54, 1.807) is 11.9 Å². The molecule has 0 saturated carbocycles. The van der Waals surface area contributed by atoms with Crippen LogP contribution in [0.15, 0.2) is 78.9 Å². The molecule has 6 nitrogen and oxygen atoms in total. The van der Waals surface area contributed by atoms with Crippen LogP contribution in [0.3, 0.4) is 0 Å². The first kappa shape index (κ1) is 25.6. The third-order valence-corrected chi connectivity index (χ3v) is 7.09. The van der Waals surface area contributed by atoms with Crippen molar-refractivity contribution in [1.29, 1.82) is 0 Å². The number of nitrogens with zero attached hydrogens (tertiary/aromatic N) is 3. The molecule has 1 aliphatic rings. The molecule has 0 aromatic heterocycles. The molecule has 0 unspecified atom stereocenters. The van der Waals surface area contributed by atoms with Crippen molar-refractivity contribution in [3.8, 4) is 11.1 Å². The van der Waals surface area contributed by atoms with Crippen molar-refractivity contribution in [3.05, 3.63) is 95.6 Å². The summed E-state index contributed by atoms with van der Waals surface area (Å²) in [5, 5.41) is 0. The number of rotatable bonds is 8. The standard InChI is InChI=1S/C30H36N4O2/c1-32(29(35)20-31)21-24-9-6-10-27(19-24)25-11-13-26(14-12-25)30(36)33(2)28-15-17-34(18-16-28)22-23-7-4-3-5-8-23/h3-14,19,28H,15-18,20-22,31H2,1-2H3. The van der Waals surface area contributed by atoms with Crippen molar-refractivity contribution in [2.24, 2.45) is 5.73 Å². The predicted molar refractivity (Wildman–Crippen MR) is 144 cm³/mol. The summed E-state index contributed by atoms with van der Waals surface area (Å²) in [7, 11) is 3.68. The quantitative estimate of drug-likeness (QED) is 0.525. The molecule has 3 aromatic carbocycles. The number of nitrogens with two attached hydrogens (primary N) is 1. The number of benzene rings is 3. The first-order chi connectivity index (χ1) is 17.4. The van der Waals surface area contributed by atoms with Crippen LogP contribution in [0.1, 0.15) is 34.3 Å². The van der Waals surface area contributed by atoms with Crippen LogP contribution < -0.4 is 5.73 Å². The first-order valence-electron chi connectivity index (χ1n) is 12.6. The van der Waals surface area contributed by atoms with Crippen LogP contribution >= 0.6 is 0 Å². The molecular formula is C30H36N4O2. The van der Waals surface area contributed by atoms with Gasteiger partial charge in [0, 0.05) is 51.9 Å². The Balaban J connectivity index is 1.34. The molecule has 188 valence electrons. The minimum atomic E-state index is -0.0887. The second-order valence-electron chi connectivity index (χ2n) is 9.64. The fourth-order valence-electron chi connectivity index (χ4n) is 4.85. The van der Waals surface area contributed by atoms with Crippen LogP contribution in [0.2, 0.25) is 0 Å². The summed E-state index contributed by atoms with van der Waals surface area (Å²) in [6.07, 6.45) is 1.97. The van der Waals surface area contributed by atoms with Gasteiger partial charge in [-0.2, -0.15) is 0 Å². The Hall–Kier alpha value is -3.48. The normalized spacial score (nSPS) is 14.4. The Bertz CT molecular complexity index is 1160. The van der Waals surface area contributed by atoms with Crippen molar-refractivity contribution in [3.63, 3.8) is 0 Å². The Kier molecular flexibility index (Phi) is 8.52. The van der Waals surface area contributed by atoms with Crippen molar-refractivity contribution in [2.75, 3.05) is 33.7 Å². The SMILES string of the molecule is CN(Cc1cccc(-c2ccc(C(=O)N(C)C3CCN(Cc4ccccc4)CC3)cc2)c1)C(=O)CN. The Labute approximate surface area is 214 Å². The molecule has 1 saturated heterocycles. The van der Waals surface area contributed by atoms with Gasteiger partial charge in [-0.05, 0) is 53.3 Å². The molecular weight excluding hydrogens is 448 g/mol. The average Bonchev–Trinajstić information content (AvgIpc) is 2.93. The highest BCUT2D eigenvalue weighted by atomic mass is 16.2. The lowest BCUT2D eigenvalue weighted by molar-refractivity contribution is -0.128. The number of hydrogen-bond acceptors (Lipinski definition) is 4. The smallest absolute Gasteiger partial charge is 0.253 e. The Morgan fingerprint density at radius 3 is 2.19 bits per heavy atom. The zero-order valence-corrected chi connectivity index (χ0v) is 21.3. The van der Waals surface area contributed by atoms with Crippen LogP contribution in [0.4, 0.5) is 0 Å². The summed E-state index contributed by atoms with van der Waals surface area (Å²) in [6.45, 7) is 3.48. The average molecular weight is 485 g/mol. The summed E-state index contributed by atoms with van der Waals surface area (Å²) in [4.78, 5) is 31.0. The van der Waals surface area contributed by atoms with E-state index in [9.17, 15) is 9.59 Å². The zero-order valence-electron chi connectivity index (χ0n) is 21.3. The van der Waals surface area contributed by atoms with E-state index in [4.69, 9.17) is 5.73 Å². The fourth-order valence-corrected chi connectivity index (χ4v) is 4.85. The topological polar surface area (TPSA) is 69.9 Å². The number of amides is 2. The highest BCUT2D eigenvalue weighted by Gasteiger charge is 2.26. The second kappa shape index (κ2) is 12.0. The summed E-state index contributed by atoms with van der Waals surface area (Å²) in [5.41, 5.74) is 10.6. The summed E-state index contributed by atoms with van der Waals surface area (Å²) >= 11 is 0. The maximum absolute atomic E-state index is 13.2. The lowest BCUT2D eigenvalue weighted by Crippen LogP contribution is -2.45. The highest BCUT2D eigenvalue weighted by molar-refractivity contribution is 5.94. The van der Waals surface area contributed by atoms with Crippen LogP contribution in [0.5, 0.6) is 0 Å². The van der Waals surface area contributed by atoms with Crippen molar-refractivity contribution in [1.82, 2.24) is 14.7 Å². The van der Waals surface area contributed by atoms with Crippen molar-refractivity contribution < 1.29 is 9.59 Å². The highest BCUT2D eigenvalue weighted by Crippen LogP contribution is 2.24. The zero-order chi connectivity index (χ0) is 25.5. The molecule has 6 heteroatoms. The second-order valence-corrected chi connectivity index (χ2v) is 9.64. The van der Waals surface area contributed by atoms with Gasteiger partial charge in [-0.15, -0.1) is 0 Å². The molecule has 0 bridgehead atoms. The molecule has 0 aliphatic carbocycles. The minimum Gasteiger partial charge on any atom is -0.340 e. The van der Waals surface area contributed by atoms with E-state index >= 15 is 0 Å². The molecule has 36 heavy (non-hydrogen) atoms. The molecule has 2 amide bonds. The largest absolute Gasteiger partial charge is 0.340 e. The number of likely N-dealkylation sites (N-methyl/N-ethyl adjacent to an activating group) is 1. The third kappa shape index (κ3) is 6.39. The van der Waals surface area contributed by atoms with Gasteiger partial charge < -0.3 is 15.5 Å². The molecule has 1 aliphatic heterocycles. The fraction of sp³-hybridized carbons (Fsp3) is 0.333. The first-order valence-corrected chi connectivity index (χ1v) is 12.6. The van der Waals surface area contributed by atoms with Gasteiger partial charge in [-0.1, -0.05) is 60.7 Å². The van der Waals surface area contributed by atoms with Crippen LogP contribution in [-0.4, -0.2) is 66.3 Å². The van der Waals surface area contributed by atoms with E-state index < -0.39 is 0 Å². The van der Waals surface area contributed by atoms with E-state index in [0.29, 0.717) is 12.1 Å². The molecule has 1 fully saturated rings. The van der Waals surface area contributed by atoms with Gasteiger partial charge in [0.15, 0.2) is 0 Å². The van der Waals surface area contributed by atoms with Gasteiger partial charge in [-0.3, -0.25) is 14.5 Å². The van der Waals surface area contributed by atoms with Gasteiger partial charge in [0.2, 0.25) is 5.91 Å². The van der Waals surface area contributed by atoms with Gasteiger partial charge in [-0.25, -0.2) is 0 Å². The molecule has 0 radical (unpaired) electrons. The maximum atomic E-state index is 13.2. The van der Waals surface area contributed by atoms with Crippen molar-refractivity contribution in [2.45, 2.75) is 32.0 Å². The number of piperidine rings is 1. The molecule has 0 atom stereocenters. The van der Waals surface area contributed by atoms with E-state index in [1.807, 2.05) is 60.5 Å². The number of carbonyl (C=O) groups excluding carboxylic acids is 2. The van der Waals surface area contributed by atoms with E-state index in [2.05, 4.69) is 35.2 Å². The minimum absolute atomic E-state index is 0.00687. The lowest BCUT2D eigenvalue weighted by atomic mass is 9.99. The maximum Gasteiger partial charge on any atom is 0.253 e. The molecule has 4 rings (SSSR count). The van der Waals surface area contributed by atoms with Crippen LogP contribution in [0.25, 0.3) is 11.1 Å². The number of hydrogen-bond donors (Lipinski definition) is 1. The summed E-state index contributed by atoms with van der Waals surface area (Å²) < 4.78 is 0. The summed E-state index contributed by atoms with van der Waals surface area (Å²) in [5.74, 6) is -0.0204. The molecule has 0 spiro atoms. The van der Waals surface area contributed by atoms with Gasteiger partial charge in [0.05, 0.1) is 6.54 Å². The number of carbonyl (C=O) groups is 2. The van der Waals surface area contributed by atoms with Crippen molar-refractivity contribution >= 4 is 11.8 Å². The van der Waals surface area contributed by atoms with E-state index in [-0.39, 0.29) is 24.4 Å². The van der Waals surface area contributed by atoms with Gasteiger partial charge >= 0.3 is 0 Å². The third-order valence-electron chi connectivity index (χ3n) is 7.09. The van der Waals surface area contributed by atoms with Gasteiger partial charge in [0.1, 0.15) is 0 Å². The van der Waals surface area contributed by atoms with Crippen LogP contribution in [0, 0.1) is 0 Å². The number of likely N-dealkylation sites (tertiary alicyclic amines) is 1. The molecule has 1 heterocycles. The predicted octanol–water partition coefficient (Wildman–Crippen LogP) is 4.01. The van der Waals surface area contributed by atoms with E-state index in [1.165, 1.54) is 5.56 Å². The summed E-state index contributed by atoms with van der Waals surface area (Å²) in [6, 6.07) is 26.7. The van der Waals surface area contributed by atoms with Gasteiger partial charge in [0.25, 0.3) is 5.91 Å².